The second kappa shape index (κ2) is 7.12. The Balaban J connectivity index is 2.72. The summed E-state index contributed by atoms with van der Waals surface area (Å²) in [5.74, 6) is 1.30. The third kappa shape index (κ3) is 4.76. The van der Waals surface area contributed by atoms with Gasteiger partial charge in [0.25, 0.3) is 0 Å². The van der Waals surface area contributed by atoms with Gasteiger partial charge in [-0.25, -0.2) is 4.98 Å². The maximum absolute atomic E-state index is 4.81. The zero-order valence-electron chi connectivity index (χ0n) is 11.8. The first-order valence-electron chi connectivity index (χ1n) is 6.73. The normalized spacial score (nSPS) is 11.7. The lowest BCUT2D eigenvalue weighted by molar-refractivity contribution is 0.584. The van der Waals surface area contributed by atoms with E-state index in [1.54, 1.807) is 0 Å². The van der Waals surface area contributed by atoms with E-state index in [1.165, 1.54) is 22.0 Å². The Hall–Kier alpha value is -0.410. The van der Waals surface area contributed by atoms with Gasteiger partial charge in [0.1, 0.15) is 0 Å². The Morgan fingerprint density at radius 2 is 1.94 bits per heavy atom. The molecule has 3 heteroatoms. The molecule has 2 nitrogen and oxygen atoms in total. The minimum Gasteiger partial charge on any atom is -0.312 e. The van der Waals surface area contributed by atoms with E-state index in [0.29, 0.717) is 5.92 Å². The average Bonchev–Trinajstić information content (AvgIpc) is 2.67. The van der Waals surface area contributed by atoms with Gasteiger partial charge in [0.2, 0.25) is 0 Å². The van der Waals surface area contributed by atoms with Crippen LogP contribution >= 0.6 is 11.3 Å². The van der Waals surface area contributed by atoms with Crippen molar-refractivity contribution in [1.82, 2.24) is 10.3 Å². The minimum atomic E-state index is 0.535. The molecule has 17 heavy (non-hydrogen) atoms. The van der Waals surface area contributed by atoms with Gasteiger partial charge in [-0.15, -0.1) is 11.3 Å². The number of rotatable bonds is 7. The monoisotopic (exact) mass is 254 g/mol. The van der Waals surface area contributed by atoms with Gasteiger partial charge >= 0.3 is 0 Å². The summed E-state index contributed by atoms with van der Waals surface area (Å²) in [6.45, 7) is 13.2. The predicted molar refractivity (Wildman–Crippen MR) is 76.7 cm³/mol. The van der Waals surface area contributed by atoms with Crippen LogP contribution in [0.1, 0.15) is 62.5 Å². The van der Waals surface area contributed by atoms with Crippen LogP contribution in [0.3, 0.4) is 0 Å². The molecule has 1 aromatic heterocycles. The van der Waals surface area contributed by atoms with Crippen molar-refractivity contribution in [2.75, 3.05) is 6.54 Å². The summed E-state index contributed by atoms with van der Waals surface area (Å²) in [5, 5.41) is 4.72. The number of aryl methyl sites for hydroxylation is 1. The standard InChI is InChI=1S/C14H26N2S/c1-6-15-9-12-14(11(4)5)16-13(17-12)8-7-10(2)3/h10-11,15H,6-9H2,1-5H3. The molecule has 0 aliphatic carbocycles. The number of thiazole rings is 1. The number of nitrogens with zero attached hydrogens (tertiary/aromatic N) is 1. The molecule has 1 rings (SSSR count). The molecule has 0 atom stereocenters. The highest BCUT2D eigenvalue weighted by molar-refractivity contribution is 7.11. The van der Waals surface area contributed by atoms with E-state index < -0.39 is 0 Å². The van der Waals surface area contributed by atoms with E-state index >= 15 is 0 Å². The second-order valence-corrected chi connectivity index (χ2v) is 6.45. The Bertz CT molecular complexity index is 329. The quantitative estimate of drug-likeness (QED) is 0.796. The van der Waals surface area contributed by atoms with Crippen molar-refractivity contribution in [3.63, 3.8) is 0 Å². The van der Waals surface area contributed by atoms with E-state index in [1.807, 2.05) is 11.3 Å². The van der Waals surface area contributed by atoms with Crippen molar-refractivity contribution < 1.29 is 0 Å². The summed E-state index contributed by atoms with van der Waals surface area (Å²) in [4.78, 5) is 6.24. The van der Waals surface area contributed by atoms with Gasteiger partial charge in [-0.3, -0.25) is 0 Å². The molecule has 0 unspecified atom stereocenters. The lowest BCUT2D eigenvalue weighted by Gasteiger charge is -2.04. The topological polar surface area (TPSA) is 24.9 Å². The van der Waals surface area contributed by atoms with Gasteiger partial charge in [-0.1, -0.05) is 34.6 Å². The lowest BCUT2D eigenvalue weighted by atomic mass is 10.1. The fourth-order valence-corrected chi connectivity index (χ4v) is 2.96. The van der Waals surface area contributed by atoms with E-state index in [9.17, 15) is 0 Å². The average molecular weight is 254 g/mol. The van der Waals surface area contributed by atoms with Crippen molar-refractivity contribution in [2.24, 2.45) is 5.92 Å². The molecule has 98 valence electrons. The van der Waals surface area contributed by atoms with Crippen LogP contribution in [-0.2, 0) is 13.0 Å². The third-order valence-electron chi connectivity index (χ3n) is 2.79. The molecule has 1 heterocycles. The molecule has 0 bridgehead atoms. The fraction of sp³-hybridized carbons (Fsp3) is 0.786. The number of hydrogen-bond acceptors (Lipinski definition) is 3. The van der Waals surface area contributed by atoms with Crippen LogP contribution < -0.4 is 5.32 Å². The zero-order valence-corrected chi connectivity index (χ0v) is 12.7. The Morgan fingerprint density at radius 3 is 2.47 bits per heavy atom. The summed E-state index contributed by atoms with van der Waals surface area (Å²) < 4.78 is 0. The van der Waals surface area contributed by atoms with Crippen LogP contribution in [0.2, 0.25) is 0 Å². The second-order valence-electron chi connectivity index (χ2n) is 5.28. The maximum atomic E-state index is 4.81. The molecule has 0 radical (unpaired) electrons. The first kappa shape index (κ1) is 14.7. The summed E-state index contributed by atoms with van der Waals surface area (Å²) >= 11 is 1.90. The molecule has 0 aliphatic heterocycles. The van der Waals surface area contributed by atoms with Crippen LogP contribution in [0.4, 0.5) is 0 Å². The van der Waals surface area contributed by atoms with Crippen molar-refractivity contribution in [3.8, 4) is 0 Å². The van der Waals surface area contributed by atoms with E-state index in [2.05, 4.69) is 39.9 Å². The van der Waals surface area contributed by atoms with Crippen LogP contribution in [0.5, 0.6) is 0 Å². The van der Waals surface area contributed by atoms with Gasteiger partial charge in [-0.05, 0) is 31.2 Å². The summed E-state index contributed by atoms with van der Waals surface area (Å²) in [7, 11) is 0. The van der Waals surface area contributed by atoms with E-state index in [0.717, 1.165) is 25.4 Å². The summed E-state index contributed by atoms with van der Waals surface area (Å²) in [5.41, 5.74) is 1.30. The Kier molecular flexibility index (Phi) is 6.14. The van der Waals surface area contributed by atoms with E-state index in [4.69, 9.17) is 4.98 Å². The van der Waals surface area contributed by atoms with Crippen molar-refractivity contribution in [1.29, 1.82) is 0 Å². The van der Waals surface area contributed by atoms with Crippen LogP contribution in [0.15, 0.2) is 0 Å². The molecule has 0 spiro atoms. The van der Waals surface area contributed by atoms with Crippen LogP contribution in [-0.4, -0.2) is 11.5 Å². The highest BCUT2D eigenvalue weighted by Gasteiger charge is 2.13. The van der Waals surface area contributed by atoms with Crippen molar-refractivity contribution >= 4 is 11.3 Å². The highest BCUT2D eigenvalue weighted by Crippen LogP contribution is 2.26. The molecule has 0 saturated carbocycles. The number of nitrogens with one attached hydrogen (secondary N) is 1. The third-order valence-corrected chi connectivity index (χ3v) is 3.92. The van der Waals surface area contributed by atoms with Gasteiger partial charge in [-0.2, -0.15) is 0 Å². The molecule has 1 N–H and O–H groups in total. The molecular weight excluding hydrogens is 228 g/mol. The summed E-state index contributed by atoms with van der Waals surface area (Å²) in [6.07, 6.45) is 2.37. The molecule has 0 fully saturated rings. The van der Waals surface area contributed by atoms with Gasteiger partial charge in [0, 0.05) is 11.4 Å². The number of hydrogen-bond donors (Lipinski definition) is 1. The Labute approximate surface area is 110 Å². The van der Waals surface area contributed by atoms with Crippen molar-refractivity contribution in [2.45, 2.75) is 59.9 Å². The lowest BCUT2D eigenvalue weighted by Crippen LogP contribution is -2.12. The Morgan fingerprint density at radius 1 is 1.24 bits per heavy atom. The van der Waals surface area contributed by atoms with Gasteiger partial charge in [0.15, 0.2) is 0 Å². The molecular formula is C14H26N2S. The van der Waals surface area contributed by atoms with Gasteiger partial charge < -0.3 is 5.32 Å². The van der Waals surface area contributed by atoms with Crippen LogP contribution in [0.25, 0.3) is 0 Å². The van der Waals surface area contributed by atoms with E-state index in [-0.39, 0.29) is 0 Å². The first-order valence-corrected chi connectivity index (χ1v) is 7.55. The molecule has 0 amide bonds. The predicted octanol–water partition coefficient (Wildman–Crippen LogP) is 3.96. The smallest absolute Gasteiger partial charge is 0.0931 e. The molecule has 0 saturated heterocycles. The summed E-state index contributed by atoms with van der Waals surface area (Å²) in [6, 6.07) is 0. The SMILES string of the molecule is CCNCc1sc(CCC(C)C)nc1C(C)C. The number of aromatic nitrogens is 1. The highest BCUT2D eigenvalue weighted by atomic mass is 32.1. The molecule has 1 aromatic rings. The largest absolute Gasteiger partial charge is 0.312 e. The molecule has 0 aromatic carbocycles. The minimum absolute atomic E-state index is 0.535. The van der Waals surface area contributed by atoms with Crippen LogP contribution in [0, 0.1) is 5.92 Å². The van der Waals surface area contributed by atoms with Crippen molar-refractivity contribution in [3.05, 3.63) is 15.6 Å². The van der Waals surface area contributed by atoms with Gasteiger partial charge in [0.05, 0.1) is 10.7 Å². The maximum Gasteiger partial charge on any atom is 0.0931 e. The fourth-order valence-electron chi connectivity index (χ4n) is 1.75. The molecule has 0 aliphatic rings. The first-order chi connectivity index (χ1) is 8.04. The zero-order chi connectivity index (χ0) is 12.8.